The second-order valence-corrected chi connectivity index (χ2v) is 5.64. The van der Waals surface area contributed by atoms with Gasteiger partial charge in [0.2, 0.25) is 0 Å². The summed E-state index contributed by atoms with van der Waals surface area (Å²) in [6, 6.07) is 11.5. The first kappa shape index (κ1) is 18.1. The Balaban J connectivity index is 2.12. The standard InChI is InChI=1S/C20H19N3O2/c1-14(24)13-23-19-6-3-16(4-7-19)5-8-20-10-17(9-15(2)25-20)18(11-21)12-22/h3-10,14,23-24H,13H2,1-2H3/b8-5+. The second-order valence-electron chi connectivity index (χ2n) is 5.64. The largest absolute Gasteiger partial charge is 0.462 e. The highest BCUT2D eigenvalue weighted by atomic mass is 16.5. The highest BCUT2D eigenvalue weighted by Gasteiger charge is 2.10. The van der Waals surface area contributed by atoms with E-state index < -0.39 is 6.10 Å². The van der Waals surface area contributed by atoms with Gasteiger partial charge in [0.05, 0.1) is 6.10 Å². The molecule has 0 amide bonds. The van der Waals surface area contributed by atoms with Crippen molar-refractivity contribution in [2.75, 3.05) is 11.9 Å². The quantitative estimate of drug-likeness (QED) is 0.803. The van der Waals surface area contributed by atoms with Crippen LogP contribution in [0.2, 0.25) is 0 Å². The lowest BCUT2D eigenvalue weighted by molar-refractivity contribution is 0.208. The molecule has 1 aromatic rings. The molecule has 0 aromatic heterocycles. The summed E-state index contributed by atoms with van der Waals surface area (Å²) < 4.78 is 5.61. The Morgan fingerprint density at radius 2 is 1.88 bits per heavy atom. The van der Waals surface area contributed by atoms with Crippen molar-refractivity contribution in [2.45, 2.75) is 20.0 Å². The molecule has 0 radical (unpaired) electrons. The number of nitrogens with zero attached hydrogens (tertiary/aromatic N) is 2. The Kier molecular flexibility index (Phi) is 6.17. The van der Waals surface area contributed by atoms with Crippen LogP contribution in [0.3, 0.4) is 0 Å². The van der Waals surface area contributed by atoms with Crippen LogP contribution in [0.25, 0.3) is 6.08 Å². The van der Waals surface area contributed by atoms with Gasteiger partial charge < -0.3 is 15.2 Å². The van der Waals surface area contributed by atoms with Crippen LogP contribution in [0.5, 0.6) is 0 Å². The number of nitrogens with one attached hydrogen (secondary N) is 1. The monoisotopic (exact) mass is 333 g/mol. The Morgan fingerprint density at radius 1 is 1.20 bits per heavy atom. The first-order valence-electron chi connectivity index (χ1n) is 7.84. The molecule has 126 valence electrons. The van der Waals surface area contributed by atoms with E-state index in [-0.39, 0.29) is 5.57 Å². The van der Waals surface area contributed by atoms with Gasteiger partial charge >= 0.3 is 0 Å². The van der Waals surface area contributed by atoms with Gasteiger partial charge in [-0.2, -0.15) is 10.5 Å². The molecular formula is C20H19N3O2. The van der Waals surface area contributed by atoms with Crippen LogP contribution in [0.4, 0.5) is 5.69 Å². The molecule has 1 aromatic carbocycles. The Bertz CT molecular complexity index is 813. The van der Waals surface area contributed by atoms with Gasteiger partial charge in [0.1, 0.15) is 29.2 Å². The van der Waals surface area contributed by atoms with Crippen LogP contribution >= 0.6 is 0 Å². The number of ether oxygens (including phenoxy) is 1. The summed E-state index contributed by atoms with van der Waals surface area (Å²) in [6.45, 7) is 4.00. The minimum absolute atomic E-state index is 0.0575. The third-order valence-corrected chi connectivity index (χ3v) is 3.40. The van der Waals surface area contributed by atoms with Gasteiger partial charge in [-0.05, 0) is 49.8 Å². The van der Waals surface area contributed by atoms with E-state index in [0.29, 0.717) is 23.6 Å². The molecule has 1 aliphatic rings. The minimum atomic E-state index is -0.403. The van der Waals surface area contributed by atoms with E-state index in [0.717, 1.165) is 11.3 Å². The zero-order chi connectivity index (χ0) is 18.2. The molecule has 0 saturated heterocycles. The zero-order valence-electron chi connectivity index (χ0n) is 14.2. The summed E-state index contributed by atoms with van der Waals surface area (Å²) in [6.07, 6.45) is 6.62. The molecule has 1 unspecified atom stereocenters. The summed E-state index contributed by atoms with van der Waals surface area (Å²) in [5.41, 5.74) is 2.52. The summed E-state index contributed by atoms with van der Waals surface area (Å²) in [5, 5.41) is 30.4. The fraction of sp³-hybridized carbons (Fsp3) is 0.200. The lowest BCUT2D eigenvalue weighted by Crippen LogP contribution is -2.15. The van der Waals surface area contributed by atoms with E-state index in [1.807, 2.05) is 42.5 Å². The minimum Gasteiger partial charge on any atom is -0.462 e. The van der Waals surface area contributed by atoms with Gasteiger partial charge in [-0.15, -0.1) is 0 Å². The number of allylic oxidation sites excluding steroid dienone is 6. The zero-order valence-corrected chi connectivity index (χ0v) is 14.2. The molecule has 0 aliphatic carbocycles. The van der Waals surface area contributed by atoms with Gasteiger partial charge in [0, 0.05) is 17.8 Å². The van der Waals surface area contributed by atoms with Gasteiger partial charge in [-0.25, -0.2) is 0 Å². The topological polar surface area (TPSA) is 89.1 Å². The fourth-order valence-corrected chi connectivity index (χ4v) is 2.20. The normalized spacial score (nSPS) is 14.7. The van der Waals surface area contributed by atoms with Gasteiger partial charge in [0.15, 0.2) is 0 Å². The predicted molar refractivity (Wildman–Crippen MR) is 96.8 cm³/mol. The van der Waals surface area contributed by atoms with E-state index in [4.69, 9.17) is 15.3 Å². The molecule has 5 heteroatoms. The summed E-state index contributed by atoms with van der Waals surface area (Å²) in [5.74, 6) is 1.19. The van der Waals surface area contributed by atoms with E-state index in [2.05, 4.69) is 5.32 Å². The highest BCUT2D eigenvalue weighted by Crippen LogP contribution is 2.23. The SMILES string of the molecule is CC1=CC(=C(C#N)C#N)C=C(/C=C/c2ccc(NCC(C)O)cc2)O1. The smallest absolute Gasteiger partial charge is 0.137 e. The van der Waals surface area contributed by atoms with Crippen LogP contribution in [0.15, 0.2) is 65.2 Å². The molecular weight excluding hydrogens is 314 g/mol. The maximum Gasteiger partial charge on any atom is 0.137 e. The molecule has 2 N–H and O–H groups in total. The maximum absolute atomic E-state index is 9.27. The van der Waals surface area contributed by atoms with Crippen molar-refractivity contribution in [3.05, 3.63) is 70.7 Å². The van der Waals surface area contributed by atoms with Crippen molar-refractivity contribution in [2.24, 2.45) is 0 Å². The predicted octanol–water partition coefficient (Wildman–Crippen LogP) is 3.65. The van der Waals surface area contributed by atoms with Crippen molar-refractivity contribution in [1.29, 1.82) is 10.5 Å². The van der Waals surface area contributed by atoms with Crippen LogP contribution in [-0.2, 0) is 4.74 Å². The molecule has 0 saturated carbocycles. The number of aliphatic hydroxyl groups is 1. The molecule has 25 heavy (non-hydrogen) atoms. The van der Waals surface area contributed by atoms with Gasteiger partial charge in [-0.1, -0.05) is 18.2 Å². The molecule has 0 spiro atoms. The van der Waals surface area contributed by atoms with Crippen molar-refractivity contribution in [1.82, 2.24) is 0 Å². The number of hydrogen-bond donors (Lipinski definition) is 2. The molecule has 1 aliphatic heterocycles. The van der Waals surface area contributed by atoms with E-state index >= 15 is 0 Å². The van der Waals surface area contributed by atoms with Gasteiger partial charge in [-0.3, -0.25) is 0 Å². The molecule has 1 heterocycles. The molecule has 0 bridgehead atoms. The van der Waals surface area contributed by atoms with Crippen LogP contribution < -0.4 is 5.32 Å². The number of anilines is 1. The van der Waals surface area contributed by atoms with Crippen molar-refractivity contribution >= 4 is 11.8 Å². The molecule has 5 nitrogen and oxygen atoms in total. The average molecular weight is 333 g/mol. The summed E-state index contributed by atoms with van der Waals surface area (Å²) >= 11 is 0. The number of hydrogen-bond acceptors (Lipinski definition) is 5. The first-order valence-corrected chi connectivity index (χ1v) is 7.84. The highest BCUT2D eigenvalue weighted by molar-refractivity contribution is 5.59. The van der Waals surface area contributed by atoms with E-state index in [1.165, 1.54) is 0 Å². The van der Waals surface area contributed by atoms with Crippen LogP contribution in [0.1, 0.15) is 19.4 Å². The second kappa shape index (κ2) is 8.54. The van der Waals surface area contributed by atoms with Gasteiger partial charge in [0.25, 0.3) is 0 Å². The maximum atomic E-state index is 9.27. The molecule has 0 fully saturated rings. The third kappa shape index (κ3) is 5.39. The Hall–Kier alpha value is -3.28. The van der Waals surface area contributed by atoms with Crippen molar-refractivity contribution < 1.29 is 9.84 Å². The first-order chi connectivity index (χ1) is 12.0. The van der Waals surface area contributed by atoms with E-state index in [9.17, 15) is 5.11 Å². The van der Waals surface area contributed by atoms with Crippen LogP contribution in [-0.4, -0.2) is 17.8 Å². The molecule has 1 atom stereocenters. The summed E-state index contributed by atoms with van der Waals surface area (Å²) in [4.78, 5) is 0. The fourth-order valence-electron chi connectivity index (χ4n) is 2.20. The van der Waals surface area contributed by atoms with Crippen molar-refractivity contribution in [3.8, 4) is 12.1 Å². The number of benzene rings is 1. The lowest BCUT2D eigenvalue weighted by atomic mass is 10.1. The average Bonchev–Trinajstić information content (AvgIpc) is 2.60. The number of nitriles is 2. The van der Waals surface area contributed by atoms with E-state index in [1.54, 1.807) is 32.1 Å². The number of aliphatic hydroxyl groups excluding tert-OH is 1. The van der Waals surface area contributed by atoms with Crippen molar-refractivity contribution in [3.63, 3.8) is 0 Å². The third-order valence-electron chi connectivity index (χ3n) is 3.40. The molecule has 2 rings (SSSR count). The van der Waals surface area contributed by atoms with Crippen LogP contribution in [0, 0.1) is 22.7 Å². The Labute approximate surface area is 147 Å². The lowest BCUT2D eigenvalue weighted by Gasteiger charge is -2.13. The number of rotatable bonds is 5. The Morgan fingerprint density at radius 3 is 2.48 bits per heavy atom. The summed E-state index contributed by atoms with van der Waals surface area (Å²) in [7, 11) is 0.